The highest BCUT2D eigenvalue weighted by atomic mass is 32.2. The third kappa shape index (κ3) is 0.542. The summed E-state index contributed by atoms with van der Waals surface area (Å²) in [6.07, 6.45) is 3.61. The molecule has 0 amide bonds. The van der Waals surface area contributed by atoms with Gasteiger partial charge >= 0.3 is 0 Å². The van der Waals surface area contributed by atoms with Crippen LogP contribution in [-0.2, 0) is 6.26 Å². The molecule has 1 aromatic heterocycles. The van der Waals surface area contributed by atoms with Crippen LogP contribution >= 0.6 is 10.7 Å². The zero-order valence-corrected chi connectivity index (χ0v) is 4.27. The molecule has 6 heavy (non-hydrogen) atoms. The summed E-state index contributed by atoms with van der Waals surface area (Å²) in [7, 11) is 0.105. The molecule has 0 spiro atoms. The maximum atomic E-state index is 3.92. The molecule has 1 unspecified atom stereocenters. The van der Waals surface area contributed by atoms with Gasteiger partial charge in [-0.25, -0.2) is 0 Å². The van der Waals surface area contributed by atoms with Crippen molar-refractivity contribution in [2.75, 3.05) is 0 Å². The van der Waals surface area contributed by atoms with Gasteiger partial charge in [0.15, 0.2) is 6.33 Å². The van der Waals surface area contributed by atoms with Crippen LogP contribution in [0.15, 0.2) is 11.8 Å². The maximum Gasteiger partial charge on any atom is 0.254 e. The van der Waals surface area contributed by atoms with Crippen molar-refractivity contribution in [3.63, 3.8) is 0 Å². The number of nitrogens with zero attached hydrogens (tertiary/aromatic N) is 2. The van der Waals surface area contributed by atoms with E-state index in [-0.39, 0.29) is 10.7 Å². The quantitative estimate of drug-likeness (QED) is 0.451. The van der Waals surface area contributed by atoms with Crippen LogP contribution in [0.3, 0.4) is 0 Å². The molecule has 1 heterocycles. The van der Waals surface area contributed by atoms with Crippen LogP contribution in [0.1, 0.15) is 0 Å². The summed E-state index contributed by atoms with van der Waals surface area (Å²) in [4.78, 5) is 3.76. The van der Waals surface area contributed by atoms with Gasteiger partial charge in [-0.3, -0.25) is 0 Å². The van der Waals surface area contributed by atoms with Crippen LogP contribution < -0.4 is 0 Å². The molecule has 1 atom stereocenters. The summed E-state index contributed by atoms with van der Waals surface area (Å²) in [5.74, 6) is 0. The number of aryl methyl sites for hydroxylation is 1. The van der Waals surface area contributed by atoms with Crippen LogP contribution in [0, 0.1) is 0 Å². The predicted octanol–water partition coefficient (Wildman–Crippen LogP) is 0.763. The second kappa shape index (κ2) is 1.34. The molecule has 0 aromatic carbocycles. The molecule has 1 rings (SSSR count). The third-order valence-corrected chi connectivity index (χ3v) is 1.35. The van der Waals surface area contributed by atoms with E-state index in [4.69, 9.17) is 0 Å². The summed E-state index contributed by atoms with van der Waals surface area (Å²) < 4.78 is 3.92. The summed E-state index contributed by atoms with van der Waals surface area (Å²) in [6, 6.07) is 0. The normalized spacial score (nSPS) is 11.8. The fourth-order valence-corrected chi connectivity index (χ4v) is 0.732. The molecule has 32 valence electrons. The van der Waals surface area contributed by atoms with Crippen molar-refractivity contribution in [1.82, 2.24) is 9.36 Å². The molecular weight excluding hydrogens is 96.1 g/mol. The smallest absolute Gasteiger partial charge is 0.186 e. The van der Waals surface area contributed by atoms with E-state index in [0.29, 0.717) is 0 Å². The predicted molar refractivity (Wildman–Crippen MR) is 25.5 cm³/mol. The van der Waals surface area contributed by atoms with Crippen LogP contribution in [0.5, 0.6) is 0 Å². The summed E-state index contributed by atoms with van der Waals surface area (Å²) in [5.41, 5.74) is 1.83. The monoisotopic (exact) mass is 101 g/mol. The van der Waals surface area contributed by atoms with Gasteiger partial charge in [0.2, 0.25) is 0 Å². The lowest BCUT2D eigenvalue weighted by Crippen LogP contribution is -1.47. The van der Waals surface area contributed by atoms with Gasteiger partial charge in [-0.2, -0.15) is 4.98 Å². The second-order valence-electron chi connectivity index (χ2n) is 0.999. The van der Waals surface area contributed by atoms with E-state index in [1.165, 1.54) is 0 Å². The Kier molecular flexibility index (Phi) is 0.837. The highest BCUT2D eigenvalue weighted by Crippen LogP contribution is 1.98. The van der Waals surface area contributed by atoms with Crippen molar-refractivity contribution in [3.8, 4) is 0 Å². The molecule has 0 N–H and O–H groups in total. The fraction of sp³-hybridized carbons (Fsp3) is 0.333. The van der Waals surface area contributed by atoms with E-state index >= 15 is 0 Å². The Labute approximate surface area is 39.0 Å². The van der Waals surface area contributed by atoms with Gasteiger partial charge in [0.25, 0.3) is 5.51 Å². The Morgan fingerprint density at radius 3 is 2.67 bits per heavy atom. The van der Waals surface area contributed by atoms with Gasteiger partial charge in [0.05, 0.1) is 0 Å². The zero-order valence-electron chi connectivity index (χ0n) is 3.46. The number of aromatic nitrogens is 2. The van der Waals surface area contributed by atoms with Crippen LogP contribution in [0.4, 0.5) is 0 Å². The first-order valence-corrected chi connectivity index (χ1v) is 3.25. The SMILES string of the molecule is C[s+]1cncn1. The van der Waals surface area contributed by atoms with E-state index < -0.39 is 0 Å². The molecule has 0 aliphatic carbocycles. The second-order valence-corrected chi connectivity index (χ2v) is 2.47. The minimum Gasteiger partial charge on any atom is -0.186 e. The minimum atomic E-state index is 0.105. The summed E-state index contributed by atoms with van der Waals surface area (Å²) in [6.45, 7) is 0. The molecule has 0 radical (unpaired) electrons. The standard InChI is InChI=1S/C3H5N2S/c1-6-3-4-2-5-6/h2-3H,1H3/q+1. The number of hydrogen-bond donors (Lipinski definition) is 0. The van der Waals surface area contributed by atoms with E-state index in [2.05, 4.69) is 9.36 Å². The lowest BCUT2D eigenvalue weighted by atomic mass is 11.4. The molecule has 2 nitrogen and oxygen atoms in total. The Balaban J connectivity index is 3.05. The van der Waals surface area contributed by atoms with Crippen LogP contribution in [0.2, 0.25) is 0 Å². The first kappa shape index (κ1) is 3.74. The van der Waals surface area contributed by atoms with Crippen molar-refractivity contribution in [1.29, 1.82) is 0 Å². The largest absolute Gasteiger partial charge is 0.254 e. The molecular formula is C3H5N2S+. The van der Waals surface area contributed by atoms with Gasteiger partial charge in [0, 0.05) is 0 Å². The molecule has 0 saturated carbocycles. The summed E-state index contributed by atoms with van der Waals surface area (Å²) in [5, 5.41) is 0. The lowest BCUT2D eigenvalue weighted by molar-refractivity contribution is 1.33. The van der Waals surface area contributed by atoms with E-state index in [9.17, 15) is 0 Å². The lowest BCUT2D eigenvalue weighted by Gasteiger charge is -1.51. The zero-order chi connectivity index (χ0) is 4.41. The molecule has 3 heteroatoms. The van der Waals surface area contributed by atoms with Crippen molar-refractivity contribution in [2.24, 2.45) is 6.26 Å². The van der Waals surface area contributed by atoms with Crippen molar-refractivity contribution in [3.05, 3.63) is 11.8 Å². The van der Waals surface area contributed by atoms with Crippen molar-refractivity contribution >= 4 is 10.7 Å². The Bertz CT molecular complexity index is 112. The summed E-state index contributed by atoms with van der Waals surface area (Å²) >= 11 is 0. The Morgan fingerprint density at radius 2 is 2.50 bits per heavy atom. The third-order valence-electron chi connectivity index (χ3n) is 0.493. The van der Waals surface area contributed by atoms with Gasteiger partial charge in [-0.05, 0) is 4.37 Å². The first-order chi connectivity index (χ1) is 2.89. The molecule has 0 bridgehead atoms. The average Bonchev–Trinajstić information content (AvgIpc) is 1.86. The van der Waals surface area contributed by atoms with Gasteiger partial charge in [-0.15, -0.1) is 0 Å². The molecule has 0 saturated heterocycles. The van der Waals surface area contributed by atoms with Crippen LogP contribution in [0.25, 0.3) is 0 Å². The fourth-order valence-electron chi connectivity index (χ4n) is 0.244. The van der Waals surface area contributed by atoms with Gasteiger partial charge in [0.1, 0.15) is 16.9 Å². The van der Waals surface area contributed by atoms with E-state index in [0.717, 1.165) is 0 Å². The van der Waals surface area contributed by atoms with Gasteiger partial charge in [-0.1, -0.05) is 0 Å². The minimum absolute atomic E-state index is 0.105. The highest BCUT2D eigenvalue weighted by Gasteiger charge is 1.88. The molecule has 1 aromatic rings. The molecule has 0 fully saturated rings. The first-order valence-electron chi connectivity index (χ1n) is 1.60. The highest BCUT2D eigenvalue weighted by molar-refractivity contribution is 7.22. The van der Waals surface area contributed by atoms with Crippen LogP contribution in [-0.4, -0.2) is 9.36 Å². The topological polar surface area (TPSA) is 25.8 Å². The van der Waals surface area contributed by atoms with E-state index in [1.807, 2.05) is 11.8 Å². The Morgan fingerprint density at radius 1 is 1.67 bits per heavy atom. The number of hydrogen-bond acceptors (Lipinski definition) is 2. The Hall–Kier alpha value is -0.440. The average molecular weight is 101 g/mol. The maximum absolute atomic E-state index is 3.92. The van der Waals surface area contributed by atoms with Crippen molar-refractivity contribution in [2.45, 2.75) is 0 Å². The molecule has 0 aliphatic heterocycles. The molecule has 0 aliphatic rings. The van der Waals surface area contributed by atoms with Crippen molar-refractivity contribution < 1.29 is 0 Å². The number of rotatable bonds is 0. The van der Waals surface area contributed by atoms with Gasteiger partial charge < -0.3 is 0 Å². The van der Waals surface area contributed by atoms with E-state index in [1.54, 1.807) is 6.33 Å².